The highest BCUT2D eigenvalue weighted by molar-refractivity contribution is 4.98. The molecule has 3 nitrogen and oxygen atoms in total. The molecule has 1 aliphatic heterocycles. The summed E-state index contributed by atoms with van der Waals surface area (Å²) in [5.74, 6) is 0.865. The Hall–Kier alpha value is -0.120. The van der Waals surface area contributed by atoms with Crippen molar-refractivity contribution in [3.05, 3.63) is 0 Å². The molecule has 1 saturated carbocycles. The van der Waals surface area contributed by atoms with Gasteiger partial charge in [-0.2, -0.15) is 0 Å². The molecular weight excluding hydrogens is 248 g/mol. The zero-order valence-corrected chi connectivity index (χ0v) is 14.0. The molecule has 0 aromatic rings. The van der Waals surface area contributed by atoms with E-state index in [-0.39, 0.29) is 5.54 Å². The predicted molar refractivity (Wildman–Crippen MR) is 84.8 cm³/mol. The number of likely N-dealkylation sites (tertiary alicyclic amines) is 1. The monoisotopic (exact) mass is 282 g/mol. The third kappa shape index (κ3) is 3.37. The van der Waals surface area contributed by atoms with E-state index in [1.165, 1.54) is 51.6 Å². The van der Waals surface area contributed by atoms with E-state index < -0.39 is 0 Å². The third-order valence-electron chi connectivity index (χ3n) is 5.97. The molecule has 2 rings (SSSR count). The van der Waals surface area contributed by atoms with Crippen LogP contribution in [0.2, 0.25) is 0 Å². The van der Waals surface area contributed by atoms with Gasteiger partial charge in [-0.1, -0.05) is 20.8 Å². The maximum absolute atomic E-state index is 6.19. The molecule has 1 heterocycles. The molecule has 0 atom stereocenters. The Morgan fingerprint density at radius 2 is 1.65 bits per heavy atom. The van der Waals surface area contributed by atoms with Gasteiger partial charge in [-0.15, -0.1) is 0 Å². The molecule has 2 N–H and O–H groups in total. The van der Waals surface area contributed by atoms with Gasteiger partial charge in [-0.05, 0) is 62.9 Å². The van der Waals surface area contributed by atoms with Crippen LogP contribution < -0.4 is 5.73 Å². The molecule has 0 unspecified atom stereocenters. The van der Waals surface area contributed by atoms with Crippen molar-refractivity contribution in [3.8, 4) is 0 Å². The van der Waals surface area contributed by atoms with Gasteiger partial charge in [0.25, 0.3) is 0 Å². The summed E-state index contributed by atoms with van der Waals surface area (Å²) in [5.41, 5.74) is 6.91. The molecule has 0 amide bonds. The fourth-order valence-electron chi connectivity index (χ4n) is 4.23. The van der Waals surface area contributed by atoms with Crippen LogP contribution in [0.1, 0.15) is 59.3 Å². The molecule has 0 aromatic carbocycles. The second kappa shape index (κ2) is 6.33. The first-order valence-corrected chi connectivity index (χ1v) is 8.39. The van der Waals surface area contributed by atoms with Gasteiger partial charge in [0.15, 0.2) is 0 Å². The molecule has 0 spiro atoms. The van der Waals surface area contributed by atoms with E-state index in [9.17, 15) is 0 Å². The largest absolute Gasteiger partial charge is 0.381 e. The lowest BCUT2D eigenvalue weighted by atomic mass is 9.72. The van der Waals surface area contributed by atoms with Crippen LogP contribution >= 0.6 is 0 Å². The van der Waals surface area contributed by atoms with Crippen molar-refractivity contribution in [2.45, 2.75) is 70.9 Å². The molecule has 118 valence electrons. The van der Waals surface area contributed by atoms with Crippen LogP contribution in [0.4, 0.5) is 0 Å². The highest BCUT2D eigenvalue weighted by Crippen LogP contribution is 2.40. The summed E-state index contributed by atoms with van der Waals surface area (Å²) in [7, 11) is 1.84. The van der Waals surface area contributed by atoms with Gasteiger partial charge in [-0.25, -0.2) is 0 Å². The molecular formula is C17H34N2O. The third-order valence-corrected chi connectivity index (χ3v) is 5.97. The van der Waals surface area contributed by atoms with Crippen molar-refractivity contribution in [2.75, 3.05) is 26.7 Å². The highest BCUT2D eigenvalue weighted by atomic mass is 16.5. The smallest absolute Gasteiger partial charge is 0.0572 e. The quantitative estimate of drug-likeness (QED) is 0.864. The second-order valence-corrected chi connectivity index (χ2v) is 7.99. The van der Waals surface area contributed by atoms with Crippen LogP contribution in [-0.4, -0.2) is 43.3 Å². The number of ether oxygens (including phenoxy) is 1. The molecule has 0 aromatic heterocycles. The number of nitrogens with zero attached hydrogens (tertiary/aromatic N) is 1. The maximum Gasteiger partial charge on any atom is 0.0572 e. The number of nitrogens with two attached hydrogens (primary N) is 1. The normalized spacial score (nSPS) is 34.4. The lowest BCUT2D eigenvalue weighted by Crippen LogP contribution is -2.58. The van der Waals surface area contributed by atoms with Gasteiger partial charge in [0.05, 0.1) is 6.10 Å². The summed E-state index contributed by atoms with van der Waals surface area (Å²) in [6.07, 6.45) is 7.89. The van der Waals surface area contributed by atoms with Gasteiger partial charge in [-0.3, -0.25) is 4.90 Å². The average Bonchev–Trinajstić information content (AvgIpc) is 2.46. The topological polar surface area (TPSA) is 38.5 Å². The molecule has 3 heteroatoms. The Balaban J connectivity index is 1.94. The standard InChI is InChI=1S/C17H34N2O/c1-16(2,3)14-7-11-19(12-8-14)17(13-18)9-5-15(20-4)6-10-17/h14-15H,5-13,18H2,1-4H3. The van der Waals surface area contributed by atoms with Crippen LogP contribution in [0.15, 0.2) is 0 Å². The highest BCUT2D eigenvalue weighted by Gasteiger charge is 2.41. The molecule has 0 bridgehead atoms. The minimum Gasteiger partial charge on any atom is -0.381 e. The van der Waals surface area contributed by atoms with Gasteiger partial charge in [0.1, 0.15) is 0 Å². The fourth-order valence-corrected chi connectivity index (χ4v) is 4.23. The zero-order valence-electron chi connectivity index (χ0n) is 14.0. The van der Waals surface area contributed by atoms with Gasteiger partial charge in [0.2, 0.25) is 0 Å². The van der Waals surface area contributed by atoms with Crippen LogP contribution in [0.3, 0.4) is 0 Å². The van der Waals surface area contributed by atoms with Crippen molar-refractivity contribution < 1.29 is 4.74 Å². The van der Waals surface area contributed by atoms with Gasteiger partial charge < -0.3 is 10.5 Å². The number of piperidine rings is 1. The number of hydrogen-bond donors (Lipinski definition) is 1. The first kappa shape index (κ1) is 16.3. The number of methoxy groups -OCH3 is 1. The lowest BCUT2D eigenvalue weighted by Gasteiger charge is -2.51. The van der Waals surface area contributed by atoms with Gasteiger partial charge in [0, 0.05) is 19.2 Å². The van der Waals surface area contributed by atoms with Crippen LogP contribution in [0.25, 0.3) is 0 Å². The first-order chi connectivity index (χ1) is 9.41. The predicted octanol–water partition coefficient (Wildman–Crippen LogP) is 3.03. The summed E-state index contributed by atoms with van der Waals surface area (Å²) >= 11 is 0. The molecule has 2 fully saturated rings. The fraction of sp³-hybridized carbons (Fsp3) is 1.00. The number of rotatable bonds is 3. The lowest BCUT2D eigenvalue weighted by molar-refractivity contribution is -0.0284. The van der Waals surface area contributed by atoms with Crippen molar-refractivity contribution >= 4 is 0 Å². The number of hydrogen-bond acceptors (Lipinski definition) is 3. The van der Waals surface area contributed by atoms with E-state index in [4.69, 9.17) is 10.5 Å². The summed E-state index contributed by atoms with van der Waals surface area (Å²) in [5, 5.41) is 0. The van der Waals surface area contributed by atoms with E-state index >= 15 is 0 Å². The van der Waals surface area contributed by atoms with Crippen LogP contribution in [-0.2, 0) is 4.74 Å². The van der Waals surface area contributed by atoms with Crippen LogP contribution in [0, 0.1) is 11.3 Å². The van der Waals surface area contributed by atoms with Crippen molar-refractivity contribution in [1.29, 1.82) is 0 Å². The summed E-state index contributed by atoms with van der Waals surface area (Å²) < 4.78 is 5.52. The minimum absolute atomic E-state index is 0.262. The van der Waals surface area contributed by atoms with Crippen molar-refractivity contribution in [1.82, 2.24) is 4.90 Å². The van der Waals surface area contributed by atoms with E-state index in [0.29, 0.717) is 11.5 Å². The Bertz CT molecular complexity index is 295. The SMILES string of the molecule is COC1CCC(CN)(N2CCC(C(C)(C)C)CC2)CC1. The minimum atomic E-state index is 0.262. The Labute approximate surface area is 125 Å². The zero-order chi connectivity index (χ0) is 14.8. The van der Waals surface area contributed by atoms with E-state index in [0.717, 1.165) is 12.5 Å². The van der Waals surface area contributed by atoms with Crippen molar-refractivity contribution in [2.24, 2.45) is 17.1 Å². The van der Waals surface area contributed by atoms with Crippen molar-refractivity contribution in [3.63, 3.8) is 0 Å². The molecule has 1 saturated heterocycles. The first-order valence-electron chi connectivity index (χ1n) is 8.39. The Morgan fingerprint density at radius 1 is 1.10 bits per heavy atom. The molecule has 20 heavy (non-hydrogen) atoms. The molecule has 1 aliphatic carbocycles. The molecule has 0 radical (unpaired) electrons. The summed E-state index contributed by atoms with van der Waals surface area (Å²) in [6, 6.07) is 0. The summed E-state index contributed by atoms with van der Waals surface area (Å²) in [6.45, 7) is 10.4. The molecule has 2 aliphatic rings. The Morgan fingerprint density at radius 3 is 2.05 bits per heavy atom. The Kier molecular flexibility index (Phi) is 5.14. The van der Waals surface area contributed by atoms with Gasteiger partial charge >= 0.3 is 0 Å². The maximum atomic E-state index is 6.19. The van der Waals surface area contributed by atoms with E-state index in [2.05, 4.69) is 25.7 Å². The van der Waals surface area contributed by atoms with E-state index in [1.807, 2.05) is 7.11 Å². The second-order valence-electron chi connectivity index (χ2n) is 7.99. The summed E-state index contributed by atoms with van der Waals surface area (Å²) in [4.78, 5) is 2.71. The van der Waals surface area contributed by atoms with E-state index in [1.54, 1.807) is 0 Å². The van der Waals surface area contributed by atoms with Crippen LogP contribution in [0.5, 0.6) is 0 Å². The average molecular weight is 282 g/mol.